The SMILES string of the molecule is CC1=C(C(=O)N2CCN(c3ccc(F)cc3)CC2)[C@@H](c2ccccc2)C(C#N)=C(N)O1. The minimum Gasteiger partial charge on any atom is -0.445 e. The largest absolute Gasteiger partial charge is 0.445 e. The molecule has 0 aliphatic carbocycles. The van der Waals surface area contributed by atoms with E-state index in [2.05, 4.69) is 11.0 Å². The molecule has 0 saturated carbocycles. The number of rotatable bonds is 3. The molecule has 7 heteroatoms. The van der Waals surface area contributed by atoms with Gasteiger partial charge in [-0.05, 0) is 36.8 Å². The van der Waals surface area contributed by atoms with Crippen molar-refractivity contribution in [2.45, 2.75) is 12.8 Å². The zero-order valence-corrected chi connectivity index (χ0v) is 17.2. The summed E-state index contributed by atoms with van der Waals surface area (Å²) >= 11 is 0. The Bertz CT molecular complexity index is 1080. The van der Waals surface area contributed by atoms with Gasteiger partial charge in [-0.3, -0.25) is 4.79 Å². The summed E-state index contributed by atoms with van der Waals surface area (Å²) in [5.74, 6) is -0.555. The van der Waals surface area contributed by atoms with Gasteiger partial charge in [0.25, 0.3) is 5.91 Å². The molecule has 2 heterocycles. The Morgan fingerprint density at radius 2 is 1.74 bits per heavy atom. The molecule has 4 rings (SSSR count). The lowest BCUT2D eigenvalue weighted by Gasteiger charge is -2.38. The molecule has 6 nitrogen and oxygen atoms in total. The number of benzene rings is 2. The Morgan fingerprint density at radius 3 is 2.35 bits per heavy atom. The number of ether oxygens (including phenoxy) is 1. The molecule has 1 fully saturated rings. The van der Waals surface area contributed by atoms with Crippen molar-refractivity contribution in [3.63, 3.8) is 0 Å². The van der Waals surface area contributed by atoms with Crippen molar-refractivity contribution in [2.75, 3.05) is 31.1 Å². The molecule has 31 heavy (non-hydrogen) atoms. The summed E-state index contributed by atoms with van der Waals surface area (Å²) in [6.07, 6.45) is 0. The van der Waals surface area contributed by atoms with Crippen molar-refractivity contribution in [1.29, 1.82) is 5.26 Å². The van der Waals surface area contributed by atoms with E-state index in [1.54, 1.807) is 24.0 Å². The number of allylic oxidation sites excluding steroid dienone is 2. The summed E-state index contributed by atoms with van der Waals surface area (Å²) in [6, 6.07) is 17.9. The molecule has 158 valence electrons. The number of anilines is 1. The lowest BCUT2D eigenvalue weighted by atomic mass is 9.82. The van der Waals surface area contributed by atoms with Crippen LogP contribution in [0.2, 0.25) is 0 Å². The van der Waals surface area contributed by atoms with Gasteiger partial charge < -0.3 is 20.3 Å². The van der Waals surface area contributed by atoms with Crippen LogP contribution in [0.3, 0.4) is 0 Å². The highest BCUT2D eigenvalue weighted by molar-refractivity contribution is 5.97. The van der Waals surface area contributed by atoms with Gasteiger partial charge in [0.1, 0.15) is 23.2 Å². The van der Waals surface area contributed by atoms with Crippen molar-refractivity contribution in [2.24, 2.45) is 5.73 Å². The molecule has 1 amide bonds. The molecule has 2 aliphatic heterocycles. The standard InChI is InChI=1S/C24H23FN4O2/c1-16-21(22(17-5-3-2-4-6-17)20(15-26)23(27)31-16)24(30)29-13-11-28(12-14-29)19-9-7-18(25)8-10-19/h2-10,22H,11-14,27H2,1H3/t22-/m0/s1. The fourth-order valence-corrected chi connectivity index (χ4v) is 4.13. The van der Waals surface area contributed by atoms with Gasteiger partial charge in [-0.1, -0.05) is 30.3 Å². The monoisotopic (exact) mass is 418 g/mol. The first-order valence-corrected chi connectivity index (χ1v) is 10.1. The maximum atomic E-state index is 13.6. The number of hydrogen-bond acceptors (Lipinski definition) is 5. The molecule has 0 aromatic heterocycles. The first kappa shape index (κ1) is 20.5. The summed E-state index contributed by atoms with van der Waals surface area (Å²) < 4.78 is 18.8. The van der Waals surface area contributed by atoms with Crippen molar-refractivity contribution in [1.82, 2.24) is 4.90 Å². The van der Waals surface area contributed by atoms with Crippen molar-refractivity contribution in [3.05, 3.63) is 88.8 Å². The van der Waals surface area contributed by atoms with Gasteiger partial charge in [0.15, 0.2) is 0 Å². The lowest BCUT2D eigenvalue weighted by Crippen LogP contribution is -2.50. The predicted molar refractivity (Wildman–Crippen MR) is 115 cm³/mol. The average molecular weight is 418 g/mol. The Balaban J connectivity index is 1.57. The Morgan fingerprint density at radius 1 is 1.10 bits per heavy atom. The van der Waals surface area contributed by atoms with Crippen molar-refractivity contribution >= 4 is 11.6 Å². The summed E-state index contributed by atoms with van der Waals surface area (Å²) in [5.41, 5.74) is 8.41. The third-order valence-electron chi connectivity index (χ3n) is 5.73. The van der Waals surface area contributed by atoms with Crippen LogP contribution in [0.4, 0.5) is 10.1 Å². The molecule has 2 aromatic rings. The zero-order chi connectivity index (χ0) is 22.0. The van der Waals surface area contributed by atoms with E-state index in [0.717, 1.165) is 11.3 Å². The van der Waals surface area contributed by atoms with E-state index in [0.29, 0.717) is 37.5 Å². The van der Waals surface area contributed by atoms with Gasteiger partial charge in [-0.15, -0.1) is 0 Å². The number of nitrogens with zero attached hydrogens (tertiary/aromatic N) is 3. The minimum absolute atomic E-state index is 0.0338. The first-order valence-electron chi connectivity index (χ1n) is 10.1. The van der Waals surface area contributed by atoms with Crippen LogP contribution >= 0.6 is 0 Å². The van der Waals surface area contributed by atoms with Crippen LogP contribution in [-0.2, 0) is 9.53 Å². The van der Waals surface area contributed by atoms with E-state index in [1.165, 1.54) is 12.1 Å². The highest BCUT2D eigenvalue weighted by Gasteiger charge is 2.37. The molecule has 0 unspecified atom stereocenters. The predicted octanol–water partition coefficient (Wildman–Crippen LogP) is 3.26. The molecule has 1 atom stereocenters. The van der Waals surface area contributed by atoms with E-state index in [-0.39, 0.29) is 23.2 Å². The topological polar surface area (TPSA) is 82.6 Å². The van der Waals surface area contributed by atoms with Gasteiger partial charge in [0.2, 0.25) is 5.88 Å². The zero-order valence-electron chi connectivity index (χ0n) is 17.2. The number of nitriles is 1. The number of amides is 1. The van der Waals surface area contributed by atoms with E-state index in [9.17, 15) is 14.4 Å². The van der Waals surface area contributed by atoms with Gasteiger partial charge in [-0.25, -0.2) is 4.39 Å². The van der Waals surface area contributed by atoms with Crippen LogP contribution in [-0.4, -0.2) is 37.0 Å². The maximum Gasteiger partial charge on any atom is 0.254 e. The number of piperazine rings is 1. The molecule has 2 aromatic carbocycles. The second-order valence-corrected chi connectivity index (χ2v) is 7.56. The van der Waals surface area contributed by atoms with Crippen LogP contribution in [0.25, 0.3) is 0 Å². The molecule has 0 bridgehead atoms. The molecule has 0 radical (unpaired) electrons. The molecule has 0 spiro atoms. The number of hydrogen-bond donors (Lipinski definition) is 1. The van der Waals surface area contributed by atoms with E-state index in [4.69, 9.17) is 10.5 Å². The third-order valence-corrected chi connectivity index (χ3v) is 5.73. The van der Waals surface area contributed by atoms with E-state index in [1.807, 2.05) is 30.3 Å². The average Bonchev–Trinajstić information content (AvgIpc) is 2.79. The third kappa shape index (κ3) is 3.97. The van der Waals surface area contributed by atoms with Crippen LogP contribution in [0, 0.1) is 17.1 Å². The number of carbonyl (C=O) groups excluding carboxylic acids is 1. The second-order valence-electron chi connectivity index (χ2n) is 7.56. The van der Waals surface area contributed by atoms with Crippen LogP contribution in [0.5, 0.6) is 0 Å². The second kappa shape index (κ2) is 8.52. The smallest absolute Gasteiger partial charge is 0.254 e. The van der Waals surface area contributed by atoms with Crippen molar-refractivity contribution in [3.8, 4) is 6.07 Å². The molecule has 2 aliphatic rings. The van der Waals surface area contributed by atoms with Gasteiger partial charge in [0.05, 0.1) is 11.5 Å². The molecular formula is C24H23FN4O2. The maximum absolute atomic E-state index is 13.6. The Labute approximate surface area is 180 Å². The summed E-state index contributed by atoms with van der Waals surface area (Å²) in [4.78, 5) is 17.4. The number of halogens is 1. The van der Waals surface area contributed by atoms with E-state index >= 15 is 0 Å². The summed E-state index contributed by atoms with van der Waals surface area (Å²) in [6.45, 7) is 3.98. The van der Waals surface area contributed by atoms with Gasteiger partial charge in [0, 0.05) is 31.9 Å². The number of carbonyl (C=O) groups is 1. The minimum atomic E-state index is -0.567. The highest BCUT2D eigenvalue weighted by Crippen LogP contribution is 2.39. The fourth-order valence-electron chi connectivity index (χ4n) is 4.13. The van der Waals surface area contributed by atoms with E-state index < -0.39 is 5.92 Å². The highest BCUT2D eigenvalue weighted by atomic mass is 19.1. The summed E-state index contributed by atoms with van der Waals surface area (Å²) in [7, 11) is 0. The van der Waals surface area contributed by atoms with Crippen LogP contribution in [0.1, 0.15) is 18.4 Å². The molecule has 2 N–H and O–H groups in total. The van der Waals surface area contributed by atoms with Crippen LogP contribution < -0.4 is 10.6 Å². The Kier molecular flexibility index (Phi) is 5.63. The molecular weight excluding hydrogens is 395 g/mol. The van der Waals surface area contributed by atoms with Crippen LogP contribution in [0.15, 0.2) is 77.4 Å². The summed E-state index contributed by atoms with van der Waals surface area (Å²) in [5, 5.41) is 9.72. The number of nitrogens with two attached hydrogens (primary N) is 1. The lowest BCUT2D eigenvalue weighted by molar-refractivity contribution is -0.128. The fraction of sp³-hybridized carbons (Fsp3) is 0.250. The normalized spacial score (nSPS) is 19.2. The van der Waals surface area contributed by atoms with Gasteiger partial charge in [-0.2, -0.15) is 5.26 Å². The Hall–Kier alpha value is -3.79. The first-order chi connectivity index (χ1) is 15.0. The van der Waals surface area contributed by atoms with Gasteiger partial charge >= 0.3 is 0 Å². The molecule has 1 saturated heterocycles. The quantitative estimate of drug-likeness (QED) is 0.827. The van der Waals surface area contributed by atoms with Crippen molar-refractivity contribution < 1.29 is 13.9 Å².